The van der Waals surface area contributed by atoms with Gasteiger partial charge in [0.2, 0.25) is 0 Å². The predicted molar refractivity (Wildman–Crippen MR) is 184 cm³/mol. The number of carboxylic acids is 6. The van der Waals surface area contributed by atoms with Crippen LogP contribution < -0.4 is 0 Å². The largest absolute Gasteiger partial charge is 0.478 e. The van der Waals surface area contributed by atoms with Crippen LogP contribution in [0.5, 0.6) is 0 Å². The minimum atomic E-state index is -1.71. The summed E-state index contributed by atoms with van der Waals surface area (Å²) in [6.45, 7) is 2.89. The Morgan fingerprint density at radius 3 is 0.961 bits per heavy atom. The van der Waals surface area contributed by atoms with Crippen molar-refractivity contribution in [2.45, 2.75) is 19.3 Å². The normalized spacial score (nSPS) is 10.7. The Balaban J connectivity index is 0.000000411. The lowest BCUT2D eigenvalue weighted by Gasteiger charge is -2.33. The van der Waals surface area contributed by atoms with Crippen molar-refractivity contribution in [3.63, 3.8) is 0 Å². The van der Waals surface area contributed by atoms with Crippen LogP contribution in [-0.2, 0) is 5.41 Å². The Morgan fingerprint density at radius 2 is 0.706 bits per heavy atom. The Kier molecular flexibility index (Phi) is 10.8. The maximum absolute atomic E-state index is 12.8. The number of hydrogen-bond donors (Lipinski definition) is 6. The van der Waals surface area contributed by atoms with Crippen LogP contribution >= 0.6 is 0 Å². The van der Waals surface area contributed by atoms with Crippen molar-refractivity contribution in [1.82, 2.24) is 0 Å². The van der Waals surface area contributed by atoms with Gasteiger partial charge in [-0.1, -0.05) is 86.6 Å². The van der Waals surface area contributed by atoms with Crippen molar-refractivity contribution >= 4 is 35.8 Å². The number of carboxylic acid groups (broad SMARTS) is 6. The van der Waals surface area contributed by atoms with E-state index in [0.717, 1.165) is 0 Å². The number of benzene rings is 5. The molecule has 0 aliphatic heterocycles. The molecule has 51 heavy (non-hydrogen) atoms. The molecule has 0 atom stereocenters. The molecular formula is C39H30O12. The van der Waals surface area contributed by atoms with Gasteiger partial charge in [0.05, 0.1) is 33.4 Å². The van der Waals surface area contributed by atoms with Crippen LogP contribution in [0.3, 0.4) is 0 Å². The Bertz CT molecular complexity index is 2010. The molecule has 0 heterocycles. The van der Waals surface area contributed by atoms with E-state index in [4.69, 9.17) is 10.2 Å². The lowest BCUT2D eigenvalue weighted by molar-refractivity contribution is 0.0677. The average Bonchev–Trinajstić information content (AvgIpc) is 3.11. The fourth-order valence-corrected chi connectivity index (χ4v) is 5.90. The summed E-state index contributed by atoms with van der Waals surface area (Å²) in [7, 11) is 0. The third-order valence-electron chi connectivity index (χ3n) is 8.10. The molecule has 6 N–H and O–H groups in total. The molecule has 0 aromatic heterocycles. The standard InChI is InChI=1S/C31H24O8.C8H6O4/c1-31(2,25-21(27(32)33)15-13-19(23(25)29(36)37)17-9-5-3-6-10-17)26-22(28(34)35)16-14-20(24(26)30(38)39)18-11-7-4-8-12-18;9-7(10)5-1-2-6(4-3-5)8(11)12/h3-16H,1-2H3,(H,32,33)(H,34,35)(H,36,37)(H,38,39);1-4H,(H,9,10)(H,11,12). The van der Waals surface area contributed by atoms with E-state index in [1.807, 2.05) is 0 Å². The fourth-order valence-electron chi connectivity index (χ4n) is 5.90. The van der Waals surface area contributed by atoms with Crippen LogP contribution in [0.25, 0.3) is 22.3 Å². The van der Waals surface area contributed by atoms with Gasteiger partial charge in [0.25, 0.3) is 0 Å². The molecule has 0 spiro atoms. The minimum Gasteiger partial charge on any atom is -0.478 e. The van der Waals surface area contributed by atoms with E-state index in [1.54, 1.807) is 60.7 Å². The summed E-state index contributed by atoms with van der Waals surface area (Å²) in [6, 6.07) is 27.3. The topological polar surface area (TPSA) is 224 Å². The van der Waals surface area contributed by atoms with Crippen molar-refractivity contribution < 1.29 is 59.4 Å². The van der Waals surface area contributed by atoms with Crippen LogP contribution in [0.15, 0.2) is 109 Å². The first-order valence-electron chi connectivity index (χ1n) is 15.0. The summed E-state index contributed by atoms with van der Waals surface area (Å²) in [6.07, 6.45) is 0. The molecule has 0 unspecified atom stereocenters. The van der Waals surface area contributed by atoms with Crippen molar-refractivity contribution in [3.05, 3.63) is 154 Å². The number of carbonyl (C=O) groups is 6. The molecule has 5 rings (SSSR count). The number of aromatic carboxylic acids is 6. The first kappa shape index (κ1) is 36.8. The number of rotatable bonds is 10. The van der Waals surface area contributed by atoms with Crippen LogP contribution in [0.4, 0.5) is 0 Å². The summed E-state index contributed by atoms with van der Waals surface area (Å²) in [4.78, 5) is 71.1. The van der Waals surface area contributed by atoms with Crippen LogP contribution in [0.1, 0.15) is 87.1 Å². The van der Waals surface area contributed by atoms with E-state index in [2.05, 4.69) is 0 Å². The van der Waals surface area contributed by atoms with Gasteiger partial charge in [0, 0.05) is 5.41 Å². The lowest BCUT2D eigenvalue weighted by Crippen LogP contribution is -2.31. The molecule has 0 aliphatic rings. The molecule has 0 saturated carbocycles. The summed E-state index contributed by atoms with van der Waals surface area (Å²) in [5.41, 5.74) is -2.01. The molecule has 12 heteroatoms. The highest BCUT2D eigenvalue weighted by Gasteiger charge is 2.40. The maximum atomic E-state index is 12.8. The Labute approximate surface area is 290 Å². The zero-order chi connectivity index (χ0) is 37.6. The molecule has 258 valence electrons. The highest BCUT2D eigenvalue weighted by atomic mass is 16.4. The van der Waals surface area contributed by atoms with Crippen LogP contribution in [0.2, 0.25) is 0 Å². The molecule has 5 aromatic rings. The fraction of sp³-hybridized carbons (Fsp3) is 0.0769. The van der Waals surface area contributed by atoms with Gasteiger partial charge in [-0.3, -0.25) is 0 Å². The minimum absolute atomic E-state index is 0.0833. The van der Waals surface area contributed by atoms with E-state index in [-0.39, 0.29) is 55.6 Å². The first-order chi connectivity index (χ1) is 24.1. The average molecular weight is 691 g/mol. The second-order valence-electron chi connectivity index (χ2n) is 11.6. The van der Waals surface area contributed by atoms with Gasteiger partial charge in [-0.2, -0.15) is 0 Å². The van der Waals surface area contributed by atoms with Crippen molar-refractivity contribution in [2.75, 3.05) is 0 Å². The molecule has 12 nitrogen and oxygen atoms in total. The maximum Gasteiger partial charge on any atom is 0.336 e. The van der Waals surface area contributed by atoms with Crippen molar-refractivity contribution in [2.24, 2.45) is 0 Å². The van der Waals surface area contributed by atoms with Crippen molar-refractivity contribution in [1.29, 1.82) is 0 Å². The van der Waals surface area contributed by atoms with E-state index >= 15 is 0 Å². The Morgan fingerprint density at radius 1 is 0.392 bits per heavy atom. The number of hydrogen-bond acceptors (Lipinski definition) is 6. The zero-order valence-electron chi connectivity index (χ0n) is 27.0. The van der Waals surface area contributed by atoms with Gasteiger partial charge < -0.3 is 30.6 Å². The SMILES string of the molecule is CC(C)(c1c(C(=O)O)ccc(-c2ccccc2)c1C(=O)O)c1c(C(=O)O)ccc(-c2ccccc2)c1C(=O)O.O=C(O)c1ccc(C(=O)O)cc1. The highest BCUT2D eigenvalue weighted by Crippen LogP contribution is 2.44. The van der Waals surface area contributed by atoms with E-state index in [1.165, 1.54) is 62.4 Å². The molecule has 0 amide bonds. The third kappa shape index (κ3) is 7.65. The van der Waals surface area contributed by atoms with Crippen LogP contribution in [0, 0.1) is 0 Å². The second-order valence-corrected chi connectivity index (χ2v) is 11.6. The molecule has 0 bridgehead atoms. The lowest BCUT2D eigenvalue weighted by atomic mass is 9.68. The van der Waals surface area contributed by atoms with Gasteiger partial charge in [0.1, 0.15) is 0 Å². The predicted octanol–water partition coefficient (Wildman–Crippen LogP) is 7.22. The molecule has 0 saturated heterocycles. The van der Waals surface area contributed by atoms with E-state index in [9.17, 15) is 49.2 Å². The summed E-state index contributed by atoms with van der Waals surface area (Å²) < 4.78 is 0. The molecule has 5 aromatic carbocycles. The summed E-state index contributed by atoms with van der Waals surface area (Å²) in [5.74, 6) is -7.87. The third-order valence-corrected chi connectivity index (χ3v) is 8.10. The van der Waals surface area contributed by atoms with Gasteiger partial charge in [0.15, 0.2) is 0 Å². The Hall–Kier alpha value is -7.08. The van der Waals surface area contributed by atoms with Gasteiger partial charge in [-0.15, -0.1) is 0 Å². The van der Waals surface area contributed by atoms with Crippen LogP contribution in [-0.4, -0.2) is 66.5 Å². The summed E-state index contributed by atoms with van der Waals surface area (Å²) >= 11 is 0. The monoisotopic (exact) mass is 690 g/mol. The zero-order valence-corrected chi connectivity index (χ0v) is 27.0. The molecule has 0 fully saturated rings. The summed E-state index contributed by atoms with van der Waals surface area (Å²) in [5, 5.41) is 57.9. The molecule has 0 radical (unpaired) electrons. The van der Waals surface area contributed by atoms with Crippen molar-refractivity contribution in [3.8, 4) is 22.3 Å². The van der Waals surface area contributed by atoms with Gasteiger partial charge in [-0.25, -0.2) is 28.8 Å². The second kappa shape index (κ2) is 15.0. The molecule has 0 aliphatic carbocycles. The van der Waals surface area contributed by atoms with E-state index in [0.29, 0.717) is 11.1 Å². The van der Waals surface area contributed by atoms with Gasteiger partial charge in [-0.05, 0) is 69.8 Å². The first-order valence-corrected chi connectivity index (χ1v) is 15.0. The smallest absolute Gasteiger partial charge is 0.336 e. The van der Waals surface area contributed by atoms with E-state index < -0.39 is 41.2 Å². The highest BCUT2D eigenvalue weighted by molar-refractivity contribution is 6.06. The molecular weight excluding hydrogens is 660 g/mol. The quantitative estimate of drug-likeness (QED) is 0.0854. The van der Waals surface area contributed by atoms with Gasteiger partial charge >= 0.3 is 35.8 Å².